The molecular formula is CrHgI2. The standard InChI is InChI=1S/Cr.Hg.2HI/h;;2*1H/q;+2;;/p-2. The van der Waals surface area contributed by atoms with Crippen molar-refractivity contribution < 1.29 is 33.3 Å². The van der Waals surface area contributed by atoms with E-state index >= 15 is 0 Å². The van der Waals surface area contributed by atoms with Crippen molar-refractivity contribution >= 4 is 35.3 Å². The third-order valence-corrected chi connectivity index (χ3v) is 0. The molecule has 0 heterocycles. The van der Waals surface area contributed by atoms with E-state index < -0.39 is 0 Å². The maximum absolute atomic E-state index is 2.50. The summed E-state index contributed by atoms with van der Waals surface area (Å²) in [6, 6.07) is 0. The fraction of sp³-hybridized carbons (Fsp3) is 0. The molecule has 0 nitrogen and oxygen atoms in total. The molecule has 0 aliphatic heterocycles. The predicted octanol–water partition coefficient (Wildman–Crippen LogP) is 1.77. The molecule has 0 radical (unpaired) electrons. The van der Waals surface area contributed by atoms with E-state index in [0.717, 1.165) is 0 Å². The summed E-state index contributed by atoms with van der Waals surface area (Å²) in [6.45, 7) is 0. The molecule has 0 unspecified atom stereocenters. The van der Waals surface area contributed by atoms with E-state index in [9.17, 15) is 0 Å². The maximum atomic E-state index is 2.50. The van der Waals surface area contributed by atoms with Crippen LogP contribution in [0, 0.1) is 0 Å². The van der Waals surface area contributed by atoms with Crippen molar-refractivity contribution in [3.8, 4) is 0 Å². The Balaban J connectivity index is 0. The molecule has 0 rings (SSSR count). The Morgan fingerprint density at radius 1 is 1.25 bits per heavy atom. The second kappa shape index (κ2) is 9.33. The molecule has 0 aliphatic carbocycles. The predicted molar refractivity (Wildman–Crippen MR) is 28.0 cm³/mol. The molecule has 0 aromatic rings. The van der Waals surface area contributed by atoms with Gasteiger partial charge in [0.15, 0.2) is 0 Å². The molecular weight excluding hydrogens is 506 g/mol. The Labute approximate surface area is 66.8 Å². The van der Waals surface area contributed by atoms with Crippen LogP contribution in [0.2, 0.25) is 0 Å². The van der Waals surface area contributed by atoms with E-state index in [2.05, 4.69) is 35.3 Å². The van der Waals surface area contributed by atoms with Gasteiger partial charge in [-0.2, -0.15) is 0 Å². The molecule has 0 bridgehead atoms. The van der Waals surface area contributed by atoms with Gasteiger partial charge < -0.3 is 0 Å². The minimum absolute atomic E-state index is 0. The topological polar surface area (TPSA) is 0 Å². The fourth-order valence-corrected chi connectivity index (χ4v) is 0. The van der Waals surface area contributed by atoms with Gasteiger partial charge >= 0.3 is 51.2 Å². The summed E-state index contributed by atoms with van der Waals surface area (Å²) in [5.74, 6) is 0. The van der Waals surface area contributed by atoms with Crippen LogP contribution in [0.3, 0.4) is 0 Å². The molecule has 0 spiro atoms. The Hall–Kier alpha value is 2.93. The quantitative estimate of drug-likeness (QED) is 0.347. The number of hydrogen-bond acceptors (Lipinski definition) is 0. The Morgan fingerprint density at radius 2 is 1.25 bits per heavy atom. The zero-order valence-corrected chi connectivity index (χ0v) is 13.0. The van der Waals surface area contributed by atoms with Crippen LogP contribution in [-0.2, 0) is 33.3 Å². The molecule has 0 N–H and O–H groups in total. The second-order valence-electron chi connectivity index (χ2n) is 0.101. The van der Waals surface area contributed by atoms with Crippen LogP contribution in [0.4, 0.5) is 0 Å². The van der Waals surface area contributed by atoms with Crippen LogP contribution in [0.5, 0.6) is 0 Å². The SMILES string of the molecule is [Cr].[I][Hg][I]. The van der Waals surface area contributed by atoms with Crippen LogP contribution in [-0.4, -0.2) is 0 Å². The summed E-state index contributed by atoms with van der Waals surface area (Å²) in [4.78, 5) is 0. The molecule has 0 aromatic heterocycles. The average Bonchev–Trinajstić information content (AvgIpc) is 0.918. The first-order valence-electron chi connectivity index (χ1n) is 0.535. The first-order valence-corrected chi connectivity index (χ1v) is 31.5. The molecule has 4 heavy (non-hydrogen) atoms. The summed E-state index contributed by atoms with van der Waals surface area (Å²) in [7, 11) is 0. The number of rotatable bonds is 0. The second-order valence-corrected chi connectivity index (χ2v) is 39.9. The summed E-state index contributed by atoms with van der Waals surface area (Å²) < 4.78 is 0. The monoisotopic (exact) mass is 508 g/mol. The Bertz CT molecular complexity index is 6.00. The van der Waals surface area contributed by atoms with E-state index in [4.69, 9.17) is 0 Å². The van der Waals surface area contributed by atoms with Crippen molar-refractivity contribution in [1.82, 2.24) is 0 Å². The van der Waals surface area contributed by atoms with Gasteiger partial charge in [0.05, 0.1) is 0 Å². The van der Waals surface area contributed by atoms with Crippen molar-refractivity contribution in [1.29, 1.82) is 0 Å². The summed E-state index contributed by atoms with van der Waals surface area (Å²) in [5.41, 5.74) is 0. The molecule has 0 atom stereocenters. The Morgan fingerprint density at radius 3 is 1.25 bits per heavy atom. The number of halogens is 2. The van der Waals surface area contributed by atoms with Gasteiger partial charge in [-0.3, -0.25) is 0 Å². The van der Waals surface area contributed by atoms with Gasteiger partial charge in [0.2, 0.25) is 0 Å². The van der Waals surface area contributed by atoms with Gasteiger partial charge in [0.1, 0.15) is 0 Å². The molecule has 0 aromatic carbocycles. The van der Waals surface area contributed by atoms with Crippen LogP contribution in [0.25, 0.3) is 0 Å². The van der Waals surface area contributed by atoms with Gasteiger partial charge in [-0.25, -0.2) is 0 Å². The van der Waals surface area contributed by atoms with Crippen LogP contribution >= 0.6 is 35.3 Å². The first-order chi connectivity index (χ1) is 1.41. The van der Waals surface area contributed by atoms with E-state index in [1.807, 2.05) is 0 Å². The van der Waals surface area contributed by atoms with E-state index in [1.165, 1.54) is 0 Å². The molecule has 0 amide bonds. The van der Waals surface area contributed by atoms with Crippen molar-refractivity contribution in [2.24, 2.45) is 0 Å². The average molecular weight is 506 g/mol. The van der Waals surface area contributed by atoms with Crippen molar-refractivity contribution in [3.63, 3.8) is 0 Å². The van der Waals surface area contributed by atoms with Gasteiger partial charge in [0, 0.05) is 17.4 Å². The molecule has 22 valence electrons. The molecule has 0 saturated heterocycles. The Kier molecular flexibility index (Phi) is 23.4. The van der Waals surface area contributed by atoms with E-state index in [1.54, 1.807) is 0 Å². The summed E-state index contributed by atoms with van der Waals surface area (Å²) >= 11 is 4.85. The summed E-state index contributed by atoms with van der Waals surface area (Å²) in [6.07, 6.45) is 0. The van der Waals surface area contributed by atoms with Crippen molar-refractivity contribution in [3.05, 3.63) is 0 Å². The zero-order chi connectivity index (χ0) is 2.71. The zero-order valence-electron chi connectivity index (χ0n) is 1.87. The third kappa shape index (κ3) is 8.87. The van der Waals surface area contributed by atoms with Gasteiger partial charge in [-0.05, 0) is 0 Å². The van der Waals surface area contributed by atoms with Gasteiger partial charge in [-0.1, -0.05) is 0 Å². The van der Waals surface area contributed by atoms with Crippen LogP contribution in [0.15, 0.2) is 0 Å². The van der Waals surface area contributed by atoms with Crippen LogP contribution in [0.1, 0.15) is 0 Å². The third-order valence-electron chi connectivity index (χ3n) is 0. The number of hydrogen-bond donors (Lipinski definition) is 0. The molecule has 0 saturated carbocycles. The van der Waals surface area contributed by atoms with E-state index in [-0.39, 0.29) is 33.3 Å². The fourth-order valence-electron chi connectivity index (χ4n) is 0. The van der Waals surface area contributed by atoms with Crippen molar-refractivity contribution in [2.45, 2.75) is 0 Å². The molecule has 0 fully saturated rings. The van der Waals surface area contributed by atoms with Crippen molar-refractivity contribution in [2.75, 3.05) is 0 Å². The normalized spacial score (nSPS) is 2.50. The van der Waals surface area contributed by atoms with Gasteiger partial charge in [-0.15, -0.1) is 0 Å². The minimum atomic E-state index is -0.143. The molecule has 0 aliphatic rings. The summed E-state index contributed by atoms with van der Waals surface area (Å²) in [5, 5.41) is 0. The van der Waals surface area contributed by atoms with Gasteiger partial charge in [0.25, 0.3) is 0 Å². The van der Waals surface area contributed by atoms with Crippen LogP contribution < -0.4 is 0 Å². The molecule has 4 heteroatoms. The first kappa shape index (κ1) is 10.0. The van der Waals surface area contributed by atoms with E-state index in [0.29, 0.717) is 0 Å².